The smallest absolute Gasteiger partial charge is 0.355 e. The Morgan fingerprint density at radius 3 is 2.49 bits per heavy atom. The zero-order valence-electron chi connectivity index (χ0n) is 21.1. The number of fused-ring (bicyclic) bond motifs is 1. The highest BCUT2D eigenvalue weighted by molar-refractivity contribution is 6.34. The lowest BCUT2D eigenvalue weighted by Gasteiger charge is -2.16. The molecule has 3 aromatic heterocycles. The molecule has 0 aliphatic heterocycles. The molecular formula is C26H21ClF3N7O4. The maximum atomic E-state index is 14.0. The number of halogens is 4. The van der Waals surface area contributed by atoms with Crippen LogP contribution in [-0.4, -0.2) is 40.6 Å². The van der Waals surface area contributed by atoms with Gasteiger partial charge in [0.05, 0.1) is 29.3 Å². The number of hydrogen-bond donors (Lipinski definition) is 3. The van der Waals surface area contributed by atoms with E-state index in [1.54, 1.807) is 23.0 Å². The minimum atomic E-state index is -1.68. The third-order valence-corrected chi connectivity index (χ3v) is 6.51. The van der Waals surface area contributed by atoms with E-state index in [1.807, 2.05) is 0 Å². The van der Waals surface area contributed by atoms with Gasteiger partial charge in [0.2, 0.25) is 5.95 Å². The second-order valence-corrected chi connectivity index (χ2v) is 9.46. The van der Waals surface area contributed by atoms with Crippen molar-refractivity contribution in [3.8, 4) is 0 Å². The lowest BCUT2D eigenvalue weighted by molar-refractivity contribution is 0.277. The molecule has 0 bridgehead atoms. The van der Waals surface area contributed by atoms with Crippen LogP contribution in [0.25, 0.3) is 10.9 Å². The van der Waals surface area contributed by atoms with Gasteiger partial charge in [0.1, 0.15) is 0 Å². The number of pyridine rings is 1. The van der Waals surface area contributed by atoms with Crippen molar-refractivity contribution < 1.29 is 18.3 Å². The zero-order chi connectivity index (χ0) is 29.3. The molecule has 3 N–H and O–H groups in total. The van der Waals surface area contributed by atoms with Gasteiger partial charge in [-0.15, -0.1) is 0 Å². The van der Waals surface area contributed by atoms with Gasteiger partial charge in [-0.05, 0) is 42.3 Å². The minimum Gasteiger partial charge on any atom is -0.396 e. The summed E-state index contributed by atoms with van der Waals surface area (Å²) in [5.41, 5.74) is -1.78. The van der Waals surface area contributed by atoms with Crippen LogP contribution in [0, 0.1) is 17.5 Å². The Balaban J connectivity index is 1.61. The van der Waals surface area contributed by atoms with Gasteiger partial charge >= 0.3 is 11.4 Å². The van der Waals surface area contributed by atoms with E-state index in [-0.39, 0.29) is 34.4 Å². The predicted molar refractivity (Wildman–Crippen MR) is 144 cm³/mol. The van der Waals surface area contributed by atoms with Gasteiger partial charge in [-0.3, -0.25) is 14.0 Å². The van der Waals surface area contributed by atoms with E-state index in [0.717, 1.165) is 4.57 Å². The molecule has 0 saturated heterocycles. The Labute approximate surface area is 233 Å². The summed E-state index contributed by atoms with van der Waals surface area (Å²) in [6.45, 7) is -0.515. The van der Waals surface area contributed by atoms with Crippen LogP contribution >= 0.6 is 11.6 Å². The normalized spacial score (nSPS) is 11.3. The van der Waals surface area contributed by atoms with E-state index in [0.29, 0.717) is 40.6 Å². The van der Waals surface area contributed by atoms with Crippen LogP contribution in [0.4, 0.5) is 24.8 Å². The highest BCUT2D eigenvalue weighted by atomic mass is 35.5. The van der Waals surface area contributed by atoms with Crippen molar-refractivity contribution in [1.82, 2.24) is 28.9 Å². The summed E-state index contributed by atoms with van der Waals surface area (Å²) in [7, 11) is 0. The van der Waals surface area contributed by atoms with Crippen molar-refractivity contribution >= 4 is 34.1 Å². The second kappa shape index (κ2) is 11.4. The molecule has 11 nitrogen and oxygen atoms in total. The first-order valence-corrected chi connectivity index (χ1v) is 12.6. The number of rotatable bonds is 9. The molecule has 0 spiro atoms. The average Bonchev–Trinajstić information content (AvgIpc) is 3.33. The molecule has 0 aliphatic carbocycles. The molecule has 0 unspecified atom stereocenters. The van der Waals surface area contributed by atoms with Crippen LogP contribution in [-0.2, 0) is 19.6 Å². The largest absolute Gasteiger partial charge is 0.396 e. The van der Waals surface area contributed by atoms with Gasteiger partial charge in [0.25, 0.3) is 5.56 Å². The fraction of sp³-hybridized carbons (Fsp3) is 0.192. The molecule has 0 fully saturated rings. The van der Waals surface area contributed by atoms with Crippen molar-refractivity contribution in [2.45, 2.75) is 26.1 Å². The average molecular weight is 588 g/mol. The third-order valence-electron chi connectivity index (χ3n) is 6.19. The van der Waals surface area contributed by atoms with E-state index in [4.69, 9.17) is 16.7 Å². The molecule has 0 aliphatic rings. The lowest BCUT2D eigenvalue weighted by Crippen LogP contribution is -2.43. The molecule has 15 heteroatoms. The number of nitrogens with one attached hydrogen (secondary N) is 2. The van der Waals surface area contributed by atoms with Gasteiger partial charge < -0.3 is 15.4 Å². The number of aromatic nitrogens is 6. The molecule has 2 aromatic carbocycles. The molecule has 0 amide bonds. The molecule has 0 saturated carbocycles. The SMILES string of the molecule is O=c1[nH]cccc1Cn1c(=O)nc(Nc2cc3cn(CCCO)nc3cc2Cl)n(Cc2cc(F)c(F)c(F)c2)c1=O. The summed E-state index contributed by atoms with van der Waals surface area (Å²) < 4.78 is 44.8. The Morgan fingerprint density at radius 2 is 1.78 bits per heavy atom. The summed E-state index contributed by atoms with van der Waals surface area (Å²) >= 11 is 6.44. The summed E-state index contributed by atoms with van der Waals surface area (Å²) in [4.78, 5) is 45.1. The number of hydrogen-bond acceptors (Lipinski definition) is 7. The third kappa shape index (κ3) is 5.78. The van der Waals surface area contributed by atoms with Crippen LogP contribution < -0.4 is 22.3 Å². The minimum absolute atomic E-state index is 0.0149. The molecule has 212 valence electrons. The quantitative estimate of drug-likeness (QED) is 0.225. The van der Waals surface area contributed by atoms with Crippen LogP contribution in [0.5, 0.6) is 0 Å². The number of H-pyrrole nitrogens is 1. The van der Waals surface area contributed by atoms with Gasteiger partial charge in [-0.25, -0.2) is 27.3 Å². The van der Waals surface area contributed by atoms with Crippen molar-refractivity contribution in [3.05, 3.63) is 114 Å². The maximum Gasteiger partial charge on any atom is 0.355 e. The van der Waals surface area contributed by atoms with E-state index >= 15 is 0 Å². The van der Waals surface area contributed by atoms with E-state index in [9.17, 15) is 27.6 Å². The number of anilines is 2. The molecule has 3 heterocycles. The number of aliphatic hydroxyl groups is 1. The van der Waals surface area contributed by atoms with Crippen molar-refractivity contribution in [2.75, 3.05) is 11.9 Å². The molecule has 0 atom stereocenters. The van der Waals surface area contributed by atoms with Crippen molar-refractivity contribution in [2.24, 2.45) is 0 Å². The summed E-state index contributed by atoms with van der Waals surface area (Å²) in [5.74, 6) is -4.93. The second-order valence-electron chi connectivity index (χ2n) is 9.06. The van der Waals surface area contributed by atoms with E-state index < -0.39 is 47.5 Å². The molecule has 0 radical (unpaired) electrons. The fourth-order valence-corrected chi connectivity index (χ4v) is 4.40. The van der Waals surface area contributed by atoms with Gasteiger partial charge in [0.15, 0.2) is 17.5 Å². The topological polar surface area (TPSA) is 140 Å². The maximum absolute atomic E-state index is 14.0. The molecular weight excluding hydrogens is 567 g/mol. The molecule has 5 aromatic rings. The fourth-order valence-electron chi connectivity index (χ4n) is 4.20. The Bertz CT molecular complexity index is 1930. The number of aromatic amines is 1. The summed E-state index contributed by atoms with van der Waals surface area (Å²) in [6.07, 6.45) is 3.58. The highest BCUT2D eigenvalue weighted by Gasteiger charge is 2.19. The van der Waals surface area contributed by atoms with Gasteiger partial charge in [-0.2, -0.15) is 10.1 Å². The highest BCUT2D eigenvalue weighted by Crippen LogP contribution is 2.29. The number of nitrogens with zero attached hydrogens (tertiary/aromatic N) is 5. The van der Waals surface area contributed by atoms with Crippen LogP contribution in [0.1, 0.15) is 17.5 Å². The first-order chi connectivity index (χ1) is 19.6. The zero-order valence-corrected chi connectivity index (χ0v) is 21.8. The number of aliphatic hydroxyl groups excluding tert-OH is 1. The Morgan fingerprint density at radius 1 is 1.02 bits per heavy atom. The predicted octanol–water partition coefficient (Wildman–Crippen LogP) is 2.74. The lowest BCUT2D eigenvalue weighted by atomic mass is 10.2. The van der Waals surface area contributed by atoms with E-state index in [1.165, 1.54) is 18.3 Å². The first-order valence-electron chi connectivity index (χ1n) is 12.2. The molecule has 5 rings (SSSR count). The van der Waals surface area contributed by atoms with Crippen LogP contribution in [0.15, 0.2) is 63.2 Å². The standard InChI is InChI=1S/C26H21ClF3N7O4/c27-17-10-20-16(12-35(34-20)5-2-6-38)9-21(17)32-24-33-25(40)37(13-15-3-1-4-31-23(15)39)26(41)36(24)11-14-7-18(28)22(30)19(29)8-14/h1,3-4,7-10,12,38H,2,5-6,11,13H2,(H,31,39)(H,32,33,40). The Kier molecular flexibility index (Phi) is 7.77. The van der Waals surface area contributed by atoms with Crippen LogP contribution in [0.3, 0.4) is 0 Å². The summed E-state index contributed by atoms with van der Waals surface area (Å²) in [5, 5.41) is 17.1. The van der Waals surface area contributed by atoms with E-state index in [2.05, 4.69) is 20.4 Å². The monoisotopic (exact) mass is 587 g/mol. The van der Waals surface area contributed by atoms with Crippen molar-refractivity contribution in [3.63, 3.8) is 0 Å². The van der Waals surface area contributed by atoms with Gasteiger partial charge in [-0.1, -0.05) is 17.7 Å². The number of aryl methyl sites for hydroxylation is 1. The van der Waals surface area contributed by atoms with Crippen LogP contribution in [0.2, 0.25) is 5.02 Å². The molecule has 41 heavy (non-hydrogen) atoms. The summed E-state index contributed by atoms with van der Waals surface area (Å²) in [6, 6.07) is 7.50. The first kappa shape index (κ1) is 27.9. The number of benzene rings is 2. The van der Waals surface area contributed by atoms with Crippen molar-refractivity contribution in [1.29, 1.82) is 0 Å². The van der Waals surface area contributed by atoms with Gasteiger partial charge in [0, 0.05) is 36.5 Å². The Hall–Kier alpha value is -4.69.